The van der Waals surface area contributed by atoms with Crippen LogP contribution in [0, 0.1) is 0 Å². The number of carbonyl (C=O) groups is 2. The lowest BCUT2D eigenvalue weighted by Crippen LogP contribution is -2.29. The van der Waals surface area contributed by atoms with Gasteiger partial charge >= 0.3 is 6.03 Å². The first-order chi connectivity index (χ1) is 10.1. The van der Waals surface area contributed by atoms with E-state index < -0.39 is 11.9 Å². The Labute approximate surface area is 120 Å². The molecule has 1 heterocycles. The third kappa shape index (κ3) is 3.69. The zero-order chi connectivity index (χ0) is 15.2. The summed E-state index contributed by atoms with van der Waals surface area (Å²) in [6.45, 7) is 0.144. The second-order valence-corrected chi connectivity index (χ2v) is 4.20. The van der Waals surface area contributed by atoms with Crippen molar-refractivity contribution in [3.63, 3.8) is 0 Å². The van der Waals surface area contributed by atoms with E-state index in [1.165, 1.54) is 18.3 Å². The second-order valence-electron chi connectivity index (χ2n) is 4.20. The van der Waals surface area contributed by atoms with E-state index in [2.05, 4.69) is 15.6 Å². The molecular weight excluding hydrogens is 272 g/mol. The van der Waals surface area contributed by atoms with Crippen molar-refractivity contribution in [2.24, 2.45) is 5.73 Å². The summed E-state index contributed by atoms with van der Waals surface area (Å²) in [5, 5.41) is 14.6. The van der Waals surface area contributed by atoms with Gasteiger partial charge in [-0.3, -0.25) is 4.79 Å². The predicted molar refractivity (Wildman–Crippen MR) is 76.7 cm³/mol. The number of hydrogen-bond donors (Lipinski definition) is 4. The van der Waals surface area contributed by atoms with Crippen LogP contribution in [0.25, 0.3) is 0 Å². The minimum absolute atomic E-state index is 0.0183. The fraction of sp³-hybridized carbons (Fsp3) is 0.0714. The molecule has 21 heavy (non-hydrogen) atoms. The lowest BCUT2D eigenvalue weighted by molar-refractivity contribution is 0.0996. The van der Waals surface area contributed by atoms with Crippen molar-refractivity contribution >= 4 is 17.6 Å². The Morgan fingerprint density at radius 2 is 1.95 bits per heavy atom. The molecule has 1 aromatic heterocycles. The number of nitrogens with zero attached hydrogens (tertiary/aromatic N) is 1. The molecule has 0 unspecified atom stereocenters. The van der Waals surface area contributed by atoms with Crippen LogP contribution in [0.2, 0.25) is 0 Å². The summed E-state index contributed by atoms with van der Waals surface area (Å²) in [7, 11) is 0. The molecule has 0 aliphatic rings. The molecule has 7 heteroatoms. The first-order valence-electron chi connectivity index (χ1n) is 6.14. The number of phenols is 1. The number of rotatable bonds is 4. The van der Waals surface area contributed by atoms with E-state index in [0.29, 0.717) is 5.56 Å². The van der Waals surface area contributed by atoms with Crippen LogP contribution in [0.3, 0.4) is 0 Å². The van der Waals surface area contributed by atoms with Gasteiger partial charge in [-0.15, -0.1) is 0 Å². The lowest BCUT2D eigenvalue weighted by atomic mass is 10.2. The highest BCUT2D eigenvalue weighted by atomic mass is 16.3. The average Bonchev–Trinajstić information content (AvgIpc) is 2.47. The van der Waals surface area contributed by atoms with Gasteiger partial charge in [0.2, 0.25) is 0 Å². The highest BCUT2D eigenvalue weighted by Crippen LogP contribution is 2.15. The minimum Gasteiger partial charge on any atom is -0.508 e. The van der Waals surface area contributed by atoms with Gasteiger partial charge in [0.25, 0.3) is 5.91 Å². The van der Waals surface area contributed by atoms with E-state index in [0.717, 1.165) is 0 Å². The largest absolute Gasteiger partial charge is 0.508 e. The Balaban J connectivity index is 2.00. The summed E-state index contributed by atoms with van der Waals surface area (Å²) < 4.78 is 0. The monoisotopic (exact) mass is 286 g/mol. The standard InChI is InChI=1S/C14H14N4O3/c15-13(20)12-10(5-3-7-16-12)18-14(21)17-8-9-4-1-2-6-11(9)19/h1-7,19H,8H2,(H2,15,20)(H2,17,18,21). The van der Waals surface area contributed by atoms with Crippen molar-refractivity contribution in [1.29, 1.82) is 0 Å². The molecule has 0 radical (unpaired) electrons. The van der Waals surface area contributed by atoms with Gasteiger partial charge in [-0.25, -0.2) is 9.78 Å². The topological polar surface area (TPSA) is 117 Å². The van der Waals surface area contributed by atoms with Gasteiger partial charge < -0.3 is 21.5 Å². The van der Waals surface area contributed by atoms with Gasteiger partial charge in [0.15, 0.2) is 5.69 Å². The molecule has 0 saturated carbocycles. The molecule has 3 amide bonds. The SMILES string of the molecule is NC(=O)c1ncccc1NC(=O)NCc1ccccc1O. The maximum Gasteiger partial charge on any atom is 0.319 e. The summed E-state index contributed by atoms with van der Waals surface area (Å²) in [5.41, 5.74) is 5.95. The maximum atomic E-state index is 11.8. The molecule has 0 bridgehead atoms. The number of phenolic OH excluding ortho intramolecular Hbond substituents is 1. The number of nitrogens with one attached hydrogen (secondary N) is 2. The van der Waals surface area contributed by atoms with Crippen molar-refractivity contribution < 1.29 is 14.7 Å². The highest BCUT2D eigenvalue weighted by Gasteiger charge is 2.11. The summed E-state index contributed by atoms with van der Waals surface area (Å²) >= 11 is 0. The number of amides is 3. The number of anilines is 1. The Morgan fingerprint density at radius 1 is 1.19 bits per heavy atom. The van der Waals surface area contributed by atoms with Crippen LogP contribution in [0.1, 0.15) is 16.1 Å². The smallest absolute Gasteiger partial charge is 0.319 e. The molecule has 5 N–H and O–H groups in total. The summed E-state index contributed by atoms with van der Waals surface area (Å²) in [6.07, 6.45) is 1.41. The van der Waals surface area contributed by atoms with Crippen LogP contribution < -0.4 is 16.4 Å². The van der Waals surface area contributed by atoms with E-state index in [1.807, 2.05) is 0 Å². The number of urea groups is 1. The molecule has 1 aromatic carbocycles. The first kappa shape index (κ1) is 14.3. The van der Waals surface area contributed by atoms with E-state index in [4.69, 9.17) is 5.73 Å². The van der Waals surface area contributed by atoms with Crippen molar-refractivity contribution in [3.8, 4) is 5.75 Å². The summed E-state index contributed by atoms with van der Waals surface area (Å²) in [6, 6.07) is 9.22. The Bertz CT molecular complexity index is 673. The van der Waals surface area contributed by atoms with Crippen LogP contribution in [-0.2, 0) is 6.54 Å². The number of carbonyl (C=O) groups excluding carboxylic acids is 2. The van der Waals surface area contributed by atoms with Crippen LogP contribution in [0.4, 0.5) is 10.5 Å². The molecule has 0 spiro atoms. The number of aromatic nitrogens is 1. The van der Waals surface area contributed by atoms with Crippen molar-refractivity contribution in [2.45, 2.75) is 6.54 Å². The number of pyridine rings is 1. The number of para-hydroxylation sites is 1. The zero-order valence-corrected chi connectivity index (χ0v) is 11.0. The van der Waals surface area contributed by atoms with Crippen LogP contribution in [-0.4, -0.2) is 22.0 Å². The van der Waals surface area contributed by atoms with Gasteiger partial charge in [-0.05, 0) is 18.2 Å². The van der Waals surface area contributed by atoms with Crippen LogP contribution in [0.5, 0.6) is 5.75 Å². The van der Waals surface area contributed by atoms with Crippen molar-refractivity contribution in [3.05, 3.63) is 53.9 Å². The van der Waals surface area contributed by atoms with Gasteiger partial charge in [0.05, 0.1) is 5.69 Å². The second kappa shape index (κ2) is 6.38. The maximum absolute atomic E-state index is 11.8. The van der Waals surface area contributed by atoms with Crippen molar-refractivity contribution in [1.82, 2.24) is 10.3 Å². The van der Waals surface area contributed by atoms with Gasteiger partial charge in [-0.1, -0.05) is 18.2 Å². The van der Waals surface area contributed by atoms with E-state index in [-0.39, 0.29) is 23.7 Å². The van der Waals surface area contributed by atoms with E-state index in [9.17, 15) is 14.7 Å². The predicted octanol–water partition coefficient (Wildman–Crippen LogP) is 1.21. The summed E-state index contributed by atoms with van der Waals surface area (Å²) in [5.74, 6) is -0.636. The number of aromatic hydroxyl groups is 1. The fourth-order valence-corrected chi connectivity index (χ4v) is 1.70. The number of benzene rings is 1. The quantitative estimate of drug-likeness (QED) is 0.675. The zero-order valence-electron chi connectivity index (χ0n) is 11.0. The number of primary amides is 1. The molecular formula is C14H14N4O3. The lowest BCUT2D eigenvalue weighted by Gasteiger charge is -2.10. The van der Waals surface area contributed by atoms with E-state index >= 15 is 0 Å². The molecule has 108 valence electrons. The Hall–Kier alpha value is -3.09. The molecule has 0 atom stereocenters. The number of hydrogen-bond acceptors (Lipinski definition) is 4. The van der Waals surface area contributed by atoms with Crippen LogP contribution in [0.15, 0.2) is 42.6 Å². The van der Waals surface area contributed by atoms with Gasteiger partial charge in [0, 0.05) is 18.3 Å². The molecule has 2 rings (SSSR count). The summed E-state index contributed by atoms with van der Waals surface area (Å²) in [4.78, 5) is 26.8. The fourth-order valence-electron chi connectivity index (χ4n) is 1.70. The van der Waals surface area contributed by atoms with E-state index in [1.54, 1.807) is 24.3 Å². The van der Waals surface area contributed by atoms with Gasteiger partial charge in [-0.2, -0.15) is 0 Å². The normalized spacial score (nSPS) is 9.90. The first-order valence-corrected chi connectivity index (χ1v) is 6.14. The third-order valence-corrected chi connectivity index (χ3v) is 2.72. The number of nitrogens with two attached hydrogens (primary N) is 1. The Morgan fingerprint density at radius 3 is 2.67 bits per heavy atom. The molecule has 7 nitrogen and oxygen atoms in total. The van der Waals surface area contributed by atoms with Crippen LogP contribution >= 0.6 is 0 Å². The van der Waals surface area contributed by atoms with Gasteiger partial charge in [0.1, 0.15) is 5.75 Å². The molecule has 0 fully saturated rings. The van der Waals surface area contributed by atoms with Crippen molar-refractivity contribution in [2.75, 3.05) is 5.32 Å². The molecule has 0 aliphatic carbocycles. The third-order valence-electron chi connectivity index (χ3n) is 2.72. The molecule has 2 aromatic rings. The average molecular weight is 286 g/mol. The molecule has 0 aliphatic heterocycles. The Kier molecular flexibility index (Phi) is 4.35. The minimum atomic E-state index is -0.730. The highest BCUT2D eigenvalue weighted by molar-refractivity contribution is 6.00. The molecule has 0 saturated heterocycles.